The SMILES string of the molecule is CC(C)N(Cc1ccc(O)cc1)CC1CCCNC1. The van der Waals surface area contributed by atoms with Crippen LogP contribution in [-0.2, 0) is 6.54 Å². The zero-order valence-corrected chi connectivity index (χ0v) is 12.1. The van der Waals surface area contributed by atoms with Crippen LogP contribution in [0.1, 0.15) is 32.3 Å². The van der Waals surface area contributed by atoms with Gasteiger partial charge in [0, 0.05) is 19.1 Å². The van der Waals surface area contributed by atoms with Gasteiger partial charge in [0.25, 0.3) is 0 Å². The number of hydrogen-bond acceptors (Lipinski definition) is 3. The van der Waals surface area contributed by atoms with Crippen molar-refractivity contribution in [2.45, 2.75) is 39.3 Å². The topological polar surface area (TPSA) is 35.5 Å². The van der Waals surface area contributed by atoms with Crippen molar-refractivity contribution < 1.29 is 5.11 Å². The number of aromatic hydroxyl groups is 1. The Morgan fingerprint density at radius 3 is 2.63 bits per heavy atom. The van der Waals surface area contributed by atoms with E-state index in [1.807, 2.05) is 12.1 Å². The van der Waals surface area contributed by atoms with Crippen LogP contribution in [0.4, 0.5) is 0 Å². The molecule has 106 valence electrons. The Kier molecular flexibility index (Phi) is 5.23. The predicted molar refractivity (Wildman–Crippen MR) is 79.2 cm³/mol. The van der Waals surface area contributed by atoms with Crippen molar-refractivity contribution in [3.8, 4) is 5.75 Å². The third-order valence-electron chi connectivity index (χ3n) is 3.94. The Hall–Kier alpha value is -1.06. The van der Waals surface area contributed by atoms with E-state index in [1.54, 1.807) is 12.1 Å². The second-order valence-corrected chi connectivity index (χ2v) is 5.90. The highest BCUT2D eigenvalue weighted by Gasteiger charge is 2.18. The van der Waals surface area contributed by atoms with Gasteiger partial charge in [-0.05, 0) is 63.4 Å². The third kappa shape index (κ3) is 4.51. The zero-order chi connectivity index (χ0) is 13.7. The predicted octanol–water partition coefficient (Wildman–Crippen LogP) is 2.60. The molecule has 1 aromatic rings. The van der Waals surface area contributed by atoms with E-state index < -0.39 is 0 Å². The van der Waals surface area contributed by atoms with Crippen LogP contribution in [0.15, 0.2) is 24.3 Å². The van der Waals surface area contributed by atoms with Crippen LogP contribution < -0.4 is 5.32 Å². The van der Waals surface area contributed by atoms with Gasteiger partial charge in [-0.2, -0.15) is 0 Å². The molecule has 2 rings (SSSR count). The lowest BCUT2D eigenvalue weighted by Crippen LogP contribution is -2.40. The molecule has 1 aliphatic heterocycles. The molecule has 1 aliphatic rings. The molecule has 1 aromatic carbocycles. The molecule has 3 nitrogen and oxygen atoms in total. The highest BCUT2D eigenvalue weighted by atomic mass is 16.3. The molecular formula is C16H26N2O. The Morgan fingerprint density at radius 1 is 1.32 bits per heavy atom. The smallest absolute Gasteiger partial charge is 0.115 e. The summed E-state index contributed by atoms with van der Waals surface area (Å²) in [4.78, 5) is 2.53. The van der Waals surface area contributed by atoms with Crippen molar-refractivity contribution in [3.05, 3.63) is 29.8 Å². The number of piperidine rings is 1. The van der Waals surface area contributed by atoms with Gasteiger partial charge in [0.15, 0.2) is 0 Å². The summed E-state index contributed by atoms with van der Waals surface area (Å²) in [6.07, 6.45) is 2.64. The maximum Gasteiger partial charge on any atom is 0.115 e. The summed E-state index contributed by atoms with van der Waals surface area (Å²) < 4.78 is 0. The number of phenolic OH excluding ortho intramolecular Hbond substituents is 1. The van der Waals surface area contributed by atoms with E-state index in [0.717, 1.165) is 25.6 Å². The summed E-state index contributed by atoms with van der Waals surface area (Å²) in [6, 6.07) is 8.13. The zero-order valence-electron chi connectivity index (χ0n) is 12.1. The van der Waals surface area contributed by atoms with Gasteiger partial charge in [-0.15, -0.1) is 0 Å². The summed E-state index contributed by atoms with van der Waals surface area (Å²) in [5.41, 5.74) is 1.27. The molecule has 1 fully saturated rings. The maximum absolute atomic E-state index is 9.34. The lowest BCUT2D eigenvalue weighted by Gasteiger charge is -2.32. The first-order valence-corrected chi connectivity index (χ1v) is 7.38. The lowest BCUT2D eigenvalue weighted by molar-refractivity contribution is 0.164. The highest BCUT2D eigenvalue weighted by molar-refractivity contribution is 5.25. The third-order valence-corrected chi connectivity index (χ3v) is 3.94. The molecule has 0 amide bonds. The maximum atomic E-state index is 9.34. The van der Waals surface area contributed by atoms with Crippen LogP contribution in [0.25, 0.3) is 0 Å². The molecule has 1 heterocycles. The van der Waals surface area contributed by atoms with Crippen LogP contribution in [0.5, 0.6) is 5.75 Å². The summed E-state index contributed by atoms with van der Waals surface area (Å²) in [5, 5.41) is 12.8. The normalized spacial score (nSPS) is 20.1. The van der Waals surface area contributed by atoms with Gasteiger partial charge < -0.3 is 10.4 Å². The molecule has 3 heteroatoms. The van der Waals surface area contributed by atoms with E-state index in [1.165, 1.54) is 24.9 Å². The van der Waals surface area contributed by atoms with Crippen molar-refractivity contribution in [1.82, 2.24) is 10.2 Å². The quantitative estimate of drug-likeness (QED) is 0.856. The van der Waals surface area contributed by atoms with Crippen LogP contribution in [0.3, 0.4) is 0 Å². The number of phenols is 1. The second kappa shape index (κ2) is 6.92. The first kappa shape index (κ1) is 14.4. The molecule has 19 heavy (non-hydrogen) atoms. The van der Waals surface area contributed by atoms with E-state index in [-0.39, 0.29) is 0 Å². The van der Waals surface area contributed by atoms with Gasteiger partial charge in [-0.25, -0.2) is 0 Å². The average molecular weight is 262 g/mol. The second-order valence-electron chi connectivity index (χ2n) is 5.90. The fourth-order valence-electron chi connectivity index (χ4n) is 2.71. The molecule has 0 aromatic heterocycles. The molecule has 0 spiro atoms. The minimum Gasteiger partial charge on any atom is -0.508 e. The Bertz CT molecular complexity index is 369. The molecule has 1 unspecified atom stereocenters. The van der Waals surface area contributed by atoms with Crippen LogP contribution in [0.2, 0.25) is 0 Å². The highest BCUT2D eigenvalue weighted by Crippen LogP contribution is 2.17. The standard InChI is InChI=1S/C16H26N2O/c1-13(2)18(12-15-4-3-9-17-10-15)11-14-5-7-16(19)8-6-14/h5-8,13,15,17,19H,3-4,9-12H2,1-2H3. The first-order valence-electron chi connectivity index (χ1n) is 7.38. The van der Waals surface area contributed by atoms with E-state index >= 15 is 0 Å². The Labute approximate surface area is 116 Å². The van der Waals surface area contributed by atoms with E-state index in [9.17, 15) is 5.11 Å². The van der Waals surface area contributed by atoms with Crippen molar-refractivity contribution in [2.24, 2.45) is 5.92 Å². The van der Waals surface area contributed by atoms with Crippen molar-refractivity contribution in [2.75, 3.05) is 19.6 Å². The van der Waals surface area contributed by atoms with Gasteiger partial charge in [0.2, 0.25) is 0 Å². The van der Waals surface area contributed by atoms with Gasteiger partial charge in [-0.1, -0.05) is 12.1 Å². The van der Waals surface area contributed by atoms with Gasteiger partial charge >= 0.3 is 0 Å². The summed E-state index contributed by atoms with van der Waals surface area (Å²) >= 11 is 0. The fourth-order valence-corrected chi connectivity index (χ4v) is 2.71. The van der Waals surface area contributed by atoms with Crippen LogP contribution in [0, 0.1) is 5.92 Å². The van der Waals surface area contributed by atoms with Gasteiger partial charge in [0.1, 0.15) is 5.75 Å². The molecule has 1 atom stereocenters. The number of nitrogens with zero attached hydrogens (tertiary/aromatic N) is 1. The van der Waals surface area contributed by atoms with Crippen molar-refractivity contribution in [3.63, 3.8) is 0 Å². The summed E-state index contributed by atoms with van der Waals surface area (Å²) in [6.45, 7) is 8.97. The Balaban J connectivity index is 1.93. The number of nitrogens with one attached hydrogen (secondary N) is 1. The monoisotopic (exact) mass is 262 g/mol. The molecule has 2 N–H and O–H groups in total. The summed E-state index contributed by atoms with van der Waals surface area (Å²) in [5.74, 6) is 1.12. The first-order chi connectivity index (χ1) is 9.15. The van der Waals surface area contributed by atoms with Gasteiger partial charge in [0.05, 0.1) is 0 Å². The number of benzene rings is 1. The molecule has 0 radical (unpaired) electrons. The van der Waals surface area contributed by atoms with E-state index in [0.29, 0.717) is 11.8 Å². The van der Waals surface area contributed by atoms with Gasteiger partial charge in [-0.3, -0.25) is 4.90 Å². The minimum atomic E-state index is 0.344. The molecular weight excluding hydrogens is 236 g/mol. The largest absolute Gasteiger partial charge is 0.508 e. The summed E-state index contributed by atoms with van der Waals surface area (Å²) in [7, 11) is 0. The van der Waals surface area contributed by atoms with Crippen molar-refractivity contribution in [1.29, 1.82) is 0 Å². The molecule has 0 bridgehead atoms. The average Bonchev–Trinajstić information content (AvgIpc) is 2.41. The van der Waals surface area contributed by atoms with Crippen molar-refractivity contribution >= 4 is 0 Å². The van der Waals surface area contributed by atoms with Crippen LogP contribution >= 0.6 is 0 Å². The molecule has 1 saturated heterocycles. The van der Waals surface area contributed by atoms with E-state index in [4.69, 9.17) is 0 Å². The Morgan fingerprint density at radius 2 is 2.05 bits per heavy atom. The van der Waals surface area contributed by atoms with E-state index in [2.05, 4.69) is 24.1 Å². The lowest BCUT2D eigenvalue weighted by atomic mass is 9.98. The van der Waals surface area contributed by atoms with Crippen LogP contribution in [-0.4, -0.2) is 35.7 Å². The number of rotatable bonds is 5. The molecule has 0 saturated carbocycles. The fraction of sp³-hybridized carbons (Fsp3) is 0.625. The molecule has 0 aliphatic carbocycles. The number of hydrogen-bond donors (Lipinski definition) is 2. The minimum absolute atomic E-state index is 0.344.